The summed E-state index contributed by atoms with van der Waals surface area (Å²) in [4.78, 5) is 6.90. The molecule has 152 valence electrons. The zero-order valence-corrected chi connectivity index (χ0v) is 16.5. The maximum atomic E-state index is 6.06. The summed E-state index contributed by atoms with van der Waals surface area (Å²) in [5.41, 5.74) is 0.933. The molecule has 0 spiro atoms. The van der Waals surface area contributed by atoms with E-state index < -0.39 is 0 Å². The van der Waals surface area contributed by atoms with Gasteiger partial charge < -0.3 is 18.4 Å². The number of nitrogens with zero attached hydrogens (tertiary/aromatic N) is 3. The molecule has 0 bridgehead atoms. The Morgan fingerprint density at radius 1 is 1.07 bits per heavy atom. The molecular formula is C22H25N3O4. The van der Waals surface area contributed by atoms with E-state index >= 15 is 0 Å². The molecule has 29 heavy (non-hydrogen) atoms. The lowest BCUT2D eigenvalue weighted by Crippen LogP contribution is -2.52. The van der Waals surface area contributed by atoms with Crippen molar-refractivity contribution < 1.29 is 18.4 Å². The van der Waals surface area contributed by atoms with E-state index in [9.17, 15) is 0 Å². The van der Waals surface area contributed by atoms with Gasteiger partial charge in [-0.3, -0.25) is 4.90 Å². The van der Waals surface area contributed by atoms with Crippen molar-refractivity contribution in [1.82, 2.24) is 15.0 Å². The van der Waals surface area contributed by atoms with Crippen LogP contribution in [-0.2, 0) is 11.3 Å². The minimum atomic E-state index is 0.210. The van der Waals surface area contributed by atoms with Crippen molar-refractivity contribution in [1.29, 1.82) is 0 Å². The summed E-state index contributed by atoms with van der Waals surface area (Å²) in [5.74, 6) is 4.46. The summed E-state index contributed by atoms with van der Waals surface area (Å²) < 4.78 is 22.6. The second-order valence-corrected chi connectivity index (χ2v) is 7.81. The number of hydrogen-bond acceptors (Lipinski definition) is 7. The molecule has 2 aliphatic rings. The molecule has 0 unspecified atom stereocenters. The predicted octanol–water partition coefficient (Wildman–Crippen LogP) is 3.80. The molecule has 5 rings (SSSR count). The minimum absolute atomic E-state index is 0.210. The zero-order chi connectivity index (χ0) is 19.6. The highest BCUT2D eigenvalue weighted by Crippen LogP contribution is 2.28. The average molecular weight is 395 g/mol. The lowest BCUT2D eigenvalue weighted by Gasteiger charge is -2.38. The second-order valence-electron chi connectivity index (χ2n) is 7.81. The van der Waals surface area contributed by atoms with Gasteiger partial charge in [0.15, 0.2) is 0 Å². The summed E-state index contributed by atoms with van der Waals surface area (Å²) in [6.45, 7) is 6.12. The van der Waals surface area contributed by atoms with Crippen LogP contribution in [0.25, 0.3) is 11.4 Å². The van der Waals surface area contributed by atoms with Gasteiger partial charge in [-0.1, -0.05) is 5.16 Å². The predicted molar refractivity (Wildman–Crippen MR) is 106 cm³/mol. The summed E-state index contributed by atoms with van der Waals surface area (Å²) >= 11 is 0. The van der Waals surface area contributed by atoms with Crippen molar-refractivity contribution in [3.05, 3.63) is 53.8 Å². The van der Waals surface area contributed by atoms with Crippen molar-refractivity contribution in [2.75, 3.05) is 26.3 Å². The van der Waals surface area contributed by atoms with Crippen LogP contribution in [0, 0.1) is 6.92 Å². The van der Waals surface area contributed by atoms with Crippen LogP contribution < -0.4 is 4.74 Å². The first-order valence-electron chi connectivity index (χ1n) is 10.2. The van der Waals surface area contributed by atoms with Gasteiger partial charge in [0.25, 0.3) is 0 Å². The monoisotopic (exact) mass is 395 g/mol. The van der Waals surface area contributed by atoms with E-state index in [-0.39, 0.29) is 6.10 Å². The number of aryl methyl sites for hydroxylation is 1. The van der Waals surface area contributed by atoms with Crippen LogP contribution in [0.15, 0.2) is 45.3 Å². The van der Waals surface area contributed by atoms with Crippen LogP contribution in [0.1, 0.15) is 36.2 Å². The number of likely N-dealkylation sites (tertiary alicyclic amines) is 1. The molecule has 3 aromatic rings. The summed E-state index contributed by atoms with van der Waals surface area (Å²) in [6, 6.07) is 11.9. The van der Waals surface area contributed by atoms with Crippen molar-refractivity contribution in [3.63, 3.8) is 0 Å². The first-order valence-corrected chi connectivity index (χ1v) is 10.2. The van der Waals surface area contributed by atoms with Crippen molar-refractivity contribution >= 4 is 0 Å². The lowest BCUT2D eigenvalue weighted by molar-refractivity contribution is 0.0106. The molecule has 2 fully saturated rings. The summed E-state index contributed by atoms with van der Waals surface area (Å²) in [7, 11) is 0. The van der Waals surface area contributed by atoms with Crippen LogP contribution in [0.5, 0.6) is 5.75 Å². The third kappa shape index (κ3) is 4.21. The Bertz CT molecular complexity index is 937. The molecule has 2 aliphatic heterocycles. The molecule has 0 amide bonds. The van der Waals surface area contributed by atoms with Gasteiger partial charge in [-0.25, -0.2) is 0 Å². The van der Waals surface area contributed by atoms with Crippen molar-refractivity contribution in [3.8, 4) is 17.1 Å². The molecule has 0 atom stereocenters. The van der Waals surface area contributed by atoms with Crippen LogP contribution in [-0.4, -0.2) is 47.4 Å². The Balaban J connectivity index is 1.14. The van der Waals surface area contributed by atoms with E-state index in [0.29, 0.717) is 17.6 Å². The van der Waals surface area contributed by atoms with Crippen LogP contribution >= 0.6 is 0 Å². The van der Waals surface area contributed by atoms with E-state index in [2.05, 4.69) is 15.0 Å². The van der Waals surface area contributed by atoms with Gasteiger partial charge in [-0.15, -0.1) is 0 Å². The maximum Gasteiger partial charge on any atom is 0.230 e. The van der Waals surface area contributed by atoms with Gasteiger partial charge in [0, 0.05) is 37.8 Å². The Morgan fingerprint density at radius 3 is 2.59 bits per heavy atom. The minimum Gasteiger partial charge on any atom is -0.488 e. The topological polar surface area (TPSA) is 73.8 Å². The van der Waals surface area contributed by atoms with Gasteiger partial charge in [-0.2, -0.15) is 4.98 Å². The highest BCUT2D eigenvalue weighted by molar-refractivity contribution is 5.55. The molecule has 0 aliphatic carbocycles. The number of furan rings is 1. The van der Waals surface area contributed by atoms with Crippen molar-refractivity contribution in [2.45, 2.75) is 38.3 Å². The fourth-order valence-corrected chi connectivity index (χ4v) is 3.85. The molecule has 0 N–H and O–H groups in total. The molecule has 7 heteroatoms. The standard InChI is InChI=1S/C22H25N3O4/c1-15-2-5-19(27-15)12-25-13-20(14-25)28-18-6-3-16(4-7-18)21-23-22(29-24-21)17-8-10-26-11-9-17/h2-7,17,20H,8-14H2,1H3. The molecule has 1 aromatic carbocycles. The van der Waals surface area contributed by atoms with E-state index in [4.69, 9.17) is 18.4 Å². The number of benzene rings is 1. The first kappa shape index (κ1) is 18.4. The van der Waals surface area contributed by atoms with Gasteiger partial charge in [0.1, 0.15) is 23.4 Å². The smallest absolute Gasteiger partial charge is 0.230 e. The number of hydrogen-bond donors (Lipinski definition) is 0. The quantitative estimate of drug-likeness (QED) is 0.628. The molecule has 0 radical (unpaired) electrons. The Kier molecular flexibility index (Phi) is 5.08. The third-order valence-corrected chi connectivity index (χ3v) is 5.53. The zero-order valence-electron chi connectivity index (χ0n) is 16.5. The van der Waals surface area contributed by atoms with E-state index in [1.807, 2.05) is 43.3 Å². The van der Waals surface area contributed by atoms with E-state index in [1.165, 1.54) is 0 Å². The van der Waals surface area contributed by atoms with Gasteiger partial charge in [0.05, 0.1) is 6.54 Å². The fraction of sp³-hybridized carbons (Fsp3) is 0.455. The molecule has 2 saturated heterocycles. The maximum absolute atomic E-state index is 6.06. The summed E-state index contributed by atoms with van der Waals surface area (Å²) in [5, 5.41) is 4.15. The Labute approximate surface area is 169 Å². The van der Waals surface area contributed by atoms with E-state index in [1.54, 1.807) is 0 Å². The molecule has 2 aromatic heterocycles. The number of ether oxygens (including phenoxy) is 2. The SMILES string of the molecule is Cc1ccc(CN2CC(Oc3ccc(-c4noc(C5CCOCC5)n4)cc3)C2)o1. The van der Waals surface area contributed by atoms with Crippen molar-refractivity contribution in [2.24, 2.45) is 0 Å². The lowest BCUT2D eigenvalue weighted by atomic mass is 10.0. The third-order valence-electron chi connectivity index (χ3n) is 5.53. The van der Waals surface area contributed by atoms with Gasteiger partial charge >= 0.3 is 0 Å². The summed E-state index contributed by atoms with van der Waals surface area (Å²) in [6.07, 6.45) is 2.08. The number of aromatic nitrogens is 2. The molecule has 7 nitrogen and oxygen atoms in total. The molecular weight excluding hydrogens is 370 g/mol. The Hall–Kier alpha value is -2.64. The number of rotatable bonds is 6. The van der Waals surface area contributed by atoms with Crippen LogP contribution in [0.3, 0.4) is 0 Å². The van der Waals surface area contributed by atoms with Gasteiger partial charge in [0.2, 0.25) is 11.7 Å². The first-order chi connectivity index (χ1) is 14.2. The largest absolute Gasteiger partial charge is 0.488 e. The van der Waals surface area contributed by atoms with Crippen LogP contribution in [0.4, 0.5) is 0 Å². The normalized spacial score (nSPS) is 18.7. The van der Waals surface area contributed by atoms with Gasteiger partial charge in [-0.05, 0) is 56.2 Å². The van der Waals surface area contributed by atoms with E-state index in [0.717, 1.165) is 68.5 Å². The van der Waals surface area contributed by atoms with Crippen LogP contribution in [0.2, 0.25) is 0 Å². The average Bonchev–Trinajstić information content (AvgIpc) is 3.37. The highest BCUT2D eigenvalue weighted by Gasteiger charge is 2.29. The molecule has 4 heterocycles. The highest BCUT2D eigenvalue weighted by atomic mass is 16.5. The molecule has 0 saturated carbocycles. The fourth-order valence-electron chi connectivity index (χ4n) is 3.85. The second kappa shape index (κ2) is 8.00. The Morgan fingerprint density at radius 2 is 1.86 bits per heavy atom.